The van der Waals surface area contributed by atoms with Gasteiger partial charge in [0.05, 0.1) is 6.54 Å². The lowest BCUT2D eigenvalue weighted by Crippen LogP contribution is -2.30. The highest BCUT2D eigenvalue weighted by atomic mass is 16.1. The van der Waals surface area contributed by atoms with E-state index in [2.05, 4.69) is 25.8 Å². The van der Waals surface area contributed by atoms with E-state index in [1.807, 2.05) is 0 Å². The van der Waals surface area contributed by atoms with E-state index in [0.717, 1.165) is 0 Å². The zero-order chi connectivity index (χ0) is 9.90. The Balaban J connectivity index is 2.54. The first-order valence-corrected chi connectivity index (χ1v) is 5.09. The minimum Gasteiger partial charge on any atom is -0.211 e. The Morgan fingerprint density at radius 3 is 2.85 bits per heavy atom. The number of aliphatic imine (C=N–C) groups is 1. The van der Waals surface area contributed by atoms with E-state index in [0.29, 0.717) is 23.8 Å². The van der Waals surface area contributed by atoms with E-state index < -0.39 is 0 Å². The van der Waals surface area contributed by atoms with Crippen LogP contribution in [0.2, 0.25) is 0 Å². The van der Waals surface area contributed by atoms with Crippen molar-refractivity contribution < 1.29 is 4.79 Å². The summed E-state index contributed by atoms with van der Waals surface area (Å²) in [6, 6.07) is 0. The minimum atomic E-state index is 0.440. The van der Waals surface area contributed by atoms with Crippen LogP contribution in [-0.4, -0.2) is 12.6 Å². The van der Waals surface area contributed by atoms with Gasteiger partial charge in [0, 0.05) is 0 Å². The van der Waals surface area contributed by atoms with Crippen molar-refractivity contribution in [1.29, 1.82) is 0 Å². The number of nitrogens with zero attached hydrogens (tertiary/aromatic N) is 1. The number of rotatable bonds is 2. The second-order valence-electron chi connectivity index (χ2n) is 5.08. The second-order valence-corrected chi connectivity index (χ2v) is 5.08. The molecule has 0 N–H and O–H groups in total. The smallest absolute Gasteiger partial charge is 0.211 e. The van der Waals surface area contributed by atoms with E-state index in [-0.39, 0.29) is 0 Å². The van der Waals surface area contributed by atoms with Gasteiger partial charge < -0.3 is 0 Å². The van der Waals surface area contributed by atoms with Gasteiger partial charge >= 0.3 is 0 Å². The molecule has 0 saturated heterocycles. The van der Waals surface area contributed by atoms with Crippen LogP contribution in [0.5, 0.6) is 0 Å². The van der Waals surface area contributed by atoms with Crippen molar-refractivity contribution in [3.8, 4) is 0 Å². The summed E-state index contributed by atoms with van der Waals surface area (Å²) >= 11 is 0. The molecule has 1 saturated carbocycles. The molecule has 0 aromatic heterocycles. The maximum atomic E-state index is 10.0. The Hall–Kier alpha value is -0.620. The van der Waals surface area contributed by atoms with Crippen LogP contribution in [0.4, 0.5) is 0 Å². The molecular weight excluding hydrogens is 162 g/mol. The average molecular weight is 181 g/mol. The fourth-order valence-corrected chi connectivity index (χ4v) is 2.27. The Morgan fingerprint density at radius 2 is 2.23 bits per heavy atom. The molecule has 2 heteroatoms. The third kappa shape index (κ3) is 2.96. The van der Waals surface area contributed by atoms with E-state index >= 15 is 0 Å². The zero-order valence-corrected chi connectivity index (χ0v) is 8.84. The normalized spacial score (nSPS) is 32.2. The maximum Gasteiger partial charge on any atom is 0.234 e. The molecule has 2 atom stereocenters. The molecule has 0 aliphatic heterocycles. The Morgan fingerprint density at radius 1 is 1.54 bits per heavy atom. The first kappa shape index (κ1) is 10.5. The molecule has 2 nitrogen and oxygen atoms in total. The molecule has 0 aromatic carbocycles. The van der Waals surface area contributed by atoms with Crippen LogP contribution < -0.4 is 0 Å². The van der Waals surface area contributed by atoms with Crippen molar-refractivity contribution in [2.45, 2.75) is 40.0 Å². The minimum absolute atomic E-state index is 0.440. The highest BCUT2D eigenvalue weighted by Crippen LogP contribution is 2.41. The van der Waals surface area contributed by atoms with Crippen molar-refractivity contribution in [2.75, 3.05) is 6.54 Å². The van der Waals surface area contributed by atoms with Crippen LogP contribution in [-0.2, 0) is 4.79 Å². The van der Waals surface area contributed by atoms with Gasteiger partial charge in [0.1, 0.15) is 0 Å². The summed E-state index contributed by atoms with van der Waals surface area (Å²) in [4.78, 5) is 13.7. The van der Waals surface area contributed by atoms with Crippen molar-refractivity contribution >= 4 is 6.08 Å². The average Bonchev–Trinajstić information content (AvgIpc) is 2.07. The Labute approximate surface area is 80.4 Å². The third-order valence-corrected chi connectivity index (χ3v) is 3.29. The Kier molecular flexibility index (Phi) is 3.27. The van der Waals surface area contributed by atoms with Gasteiger partial charge in [-0.15, -0.1) is 0 Å². The molecule has 13 heavy (non-hydrogen) atoms. The molecule has 1 rings (SSSR count). The van der Waals surface area contributed by atoms with Gasteiger partial charge in [-0.25, -0.2) is 9.79 Å². The van der Waals surface area contributed by atoms with Gasteiger partial charge in [-0.3, -0.25) is 0 Å². The first-order chi connectivity index (χ1) is 6.05. The first-order valence-electron chi connectivity index (χ1n) is 5.09. The zero-order valence-electron chi connectivity index (χ0n) is 8.84. The quantitative estimate of drug-likeness (QED) is 0.476. The summed E-state index contributed by atoms with van der Waals surface area (Å²) in [6.45, 7) is 7.54. The number of carbonyl (C=O) groups excluding carboxylic acids is 1. The third-order valence-electron chi connectivity index (χ3n) is 3.29. The standard InChI is InChI=1S/C11H19NO/c1-9-4-5-11(2,3)6-10(9)7-12-8-13/h9-10H,4-7H2,1-3H3. The topological polar surface area (TPSA) is 29.4 Å². The van der Waals surface area contributed by atoms with Crippen molar-refractivity contribution in [3.05, 3.63) is 0 Å². The van der Waals surface area contributed by atoms with E-state index in [4.69, 9.17) is 0 Å². The summed E-state index contributed by atoms with van der Waals surface area (Å²) in [7, 11) is 0. The van der Waals surface area contributed by atoms with Crippen LogP contribution in [0, 0.1) is 17.3 Å². The lowest BCUT2D eigenvalue weighted by Gasteiger charge is -2.38. The molecule has 0 heterocycles. The van der Waals surface area contributed by atoms with Crippen molar-refractivity contribution in [1.82, 2.24) is 0 Å². The molecular formula is C11H19NO. The van der Waals surface area contributed by atoms with Crippen LogP contribution in [0.1, 0.15) is 40.0 Å². The molecule has 74 valence electrons. The fourth-order valence-electron chi connectivity index (χ4n) is 2.27. The van der Waals surface area contributed by atoms with Gasteiger partial charge in [0.15, 0.2) is 0 Å². The predicted molar refractivity (Wildman–Crippen MR) is 53.3 cm³/mol. The van der Waals surface area contributed by atoms with Crippen LogP contribution >= 0.6 is 0 Å². The number of hydrogen-bond donors (Lipinski definition) is 0. The van der Waals surface area contributed by atoms with Crippen molar-refractivity contribution in [2.24, 2.45) is 22.2 Å². The summed E-state index contributed by atoms with van der Waals surface area (Å²) < 4.78 is 0. The van der Waals surface area contributed by atoms with Crippen LogP contribution in [0.3, 0.4) is 0 Å². The van der Waals surface area contributed by atoms with E-state index in [9.17, 15) is 4.79 Å². The summed E-state index contributed by atoms with van der Waals surface area (Å²) in [5.41, 5.74) is 0.440. The molecule has 1 aliphatic carbocycles. The molecule has 0 spiro atoms. The second kappa shape index (κ2) is 4.06. The Bertz CT molecular complexity index is 216. The summed E-state index contributed by atoms with van der Waals surface area (Å²) in [6.07, 6.45) is 5.40. The number of hydrogen-bond acceptors (Lipinski definition) is 2. The molecule has 0 bridgehead atoms. The molecule has 0 aromatic rings. The van der Waals surface area contributed by atoms with E-state index in [1.54, 1.807) is 6.08 Å². The summed E-state index contributed by atoms with van der Waals surface area (Å²) in [5, 5.41) is 0. The van der Waals surface area contributed by atoms with Gasteiger partial charge in [-0.2, -0.15) is 0 Å². The summed E-state index contributed by atoms with van der Waals surface area (Å²) in [5.74, 6) is 1.30. The molecule has 1 aliphatic rings. The number of isocyanates is 1. The van der Waals surface area contributed by atoms with Crippen LogP contribution in [0.25, 0.3) is 0 Å². The maximum absolute atomic E-state index is 10.0. The molecule has 0 amide bonds. The van der Waals surface area contributed by atoms with Crippen molar-refractivity contribution in [3.63, 3.8) is 0 Å². The highest BCUT2D eigenvalue weighted by molar-refractivity contribution is 5.32. The van der Waals surface area contributed by atoms with Gasteiger partial charge in [-0.1, -0.05) is 20.8 Å². The largest absolute Gasteiger partial charge is 0.234 e. The SMILES string of the molecule is CC1CCC(C)(C)CC1CN=C=O. The molecule has 1 fully saturated rings. The van der Waals surface area contributed by atoms with Gasteiger partial charge in [-0.05, 0) is 36.5 Å². The molecule has 2 unspecified atom stereocenters. The van der Waals surface area contributed by atoms with Gasteiger partial charge in [0.25, 0.3) is 0 Å². The monoisotopic (exact) mass is 181 g/mol. The lowest BCUT2D eigenvalue weighted by atomic mass is 9.68. The molecule has 0 radical (unpaired) electrons. The predicted octanol–water partition coefficient (Wildman–Crippen LogP) is 2.78. The lowest BCUT2D eigenvalue weighted by molar-refractivity contribution is 0.133. The van der Waals surface area contributed by atoms with Crippen LogP contribution in [0.15, 0.2) is 4.99 Å². The van der Waals surface area contributed by atoms with Gasteiger partial charge in [0.2, 0.25) is 6.08 Å². The van der Waals surface area contributed by atoms with E-state index in [1.165, 1.54) is 19.3 Å². The highest BCUT2D eigenvalue weighted by Gasteiger charge is 2.32. The fraction of sp³-hybridized carbons (Fsp3) is 0.909.